The van der Waals surface area contributed by atoms with Crippen LogP contribution in [-0.2, 0) is 22.4 Å². The van der Waals surface area contributed by atoms with Crippen LogP contribution in [0.4, 0.5) is 0 Å². The van der Waals surface area contributed by atoms with Gasteiger partial charge in [-0.05, 0) is 24.8 Å². The zero-order valence-corrected chi connectivity index (χ0v) is 16.7. The van der Waals surface area contributed by atoms with Crippen molar-refractivity contribution in [3.63, 3.8) is 0 Å². The maximum absolute atomic E-state index is 13.3. The van der Waals surface area contributed by atoms with Crippen molar-refractivity contribution in [2.24, 2.45) is 0 Å². The van der Waals surface area contributed by atoms with E-state index in [-0.39, 0.29) is 5.91 Å². The highest BCUT2D eigenvalue weighted by atomic mass is 16.5. The van der Waals surface area contributed by atoms with E-state index >= 15 is 0 Å². The molecular weight excluding hydrogens is 364 g/mol. The van der Waals surface area contributed by atoms with Gasteiger partial charge in [0, 0.05) is 38.2 Å². The van der Waals surface area contributed by atoms with Crippen molar-refractivity contribution in [2.75, 3.05) is 20.2 Å². The van der Waals surface area contributed by atoms with Crippen LogP contribution in [0.5, 0.6) is 0 Å². The van der Waals surface area contributed by atoms with Crippen molar-refractivity contribution in [1.82, 2.24) is 10.1 Å². The van der Waals surface area contributed by atoms with Crippen molar-refractivity contribution in [3.05, 3.63) is 78.1 Å². The molecule has 2 heterocycles. The number of likely N-dealkylation sites (N-methyl/N-ethyl adjacent to an activating group) is 1. The molecule has 0 bridgehead atoms. The number of benzene rings is 2. The second-order valence-corrected chi connectivity index (χ2v) is 7.63. The molecule has 4 rings (SSSR count). The van der Waals surface area contributed by atoms with Crippen molar-refractivity contribution in [2.45, 2.75) is 31.3 Å². The summed E-state index contributed by atoms with van der Waals surface area (Å²) < 4.78 is 11.6. The fourth-order valence-corrected chi connectivity index (χ4v) is 3.89. The number of hydrogen-bond donors (Lipinski definition) is 0. The normalized spacial score (nSPS) is 18.7. The summed E-state index contributed by atoms with van der Waals surface area (Å²) in [5, 5.41) is 4.18. The van der Waals surface area contributed by atoms with Crippen LogP contribution < -0.4 is 0 Å². The van der Waals surface area contributed by atoms with Gasteiger partial charge in [-0.2, -0.15) is 0 Å². The Hall–Kier alpha value is -2.92. The quantitative estimate of drug-likeness (QED) is 0.609. The third-order valence-electron chi connectivity index (χ3n) is 5.51. The summed E-state index contributed by atoms with van der Waals surface area (Å²) in [6.07, 6.45) is 2.79. The number of rotatable bonds is 7. The van der Waals surface area contributed by atoms with Crippen molar-refractivity contribution in [1.29, 1.82) is 0 Å². The lowest BCUT2D eigenvalue weighted by Crippen LogP contribution is -2.49. The number of ether oxygens (including phenoxy) is 1. The number of nitrogens with zero attached hydrogens (tertiary/aromatic N) is 2. The number of carbonyl (C=O) groups excluding carboxylic acids is 1. The average Bonchev–Trinajstić information content (AvgIpc) is 3.44. The first-order valence-corrected chi connectivity index (χ1v) is 10.1. The van der Waals surface area contributed by atoms with E-state index in [1.807, 2.05) is 61.6 Å². The second kappa shape index (κ2) is 8.62. The minimum absolute atomic E-state index is 0.0172. The third kappa shape index (κ3) is 4.40. The van der Waals surface area contributed by atoms with E-state index in [1.165, 1.54) is 5.56 Å². The van der Waals surface area contributed by atoms with E-state index in [1.54, 1.807) is 4.90 Å². The molecule has 5 heteroatoms. The molecule has 0 radical (unpaired) electrons. The predicted molar refractivity (Wildman–Crippen MR) is 111 cm³/mol. The highest BCUT2D eigenvalue weighted by Crippen LogP contribution is 2.32. The molecule has 2 aromatic carbocycles. The summed E-state index contributed by atoms with van der Waals surface area (Å²) >= 11 is 0. The zero-order valence-electron chi connectivity index (χ0n) is 16.7. The molecule has 0 aliphatic carbocycles. The molecule has 0 unspecified atom stereocenters. The summed E-state index contributed by atoms with van der Waals surface area (Å²) in [5.41, 5.74) is 2.13. The van der Waals surface area contributed by atoms with E-state index < -0.39 is 5.60 Å². The van der Waals surface area contributed by atoms with Crippen LogP contribution in [0.2, 0.25) is 0 Å². The van der Waals surface area contributed by atoms with Crippen LogP contribution in [0.1, 0.15) is 24.2 Å². The largest absolute Gasteiger partial charge is 0.365 e. The van der Waals surface area contributed by atoms with Crippen LogP contribution in [0.15, 0.2) is 71.3 Å². The lowest BCUT2D eigenvalue weighted by Gasteiger charge is -2.31. The summed E-state index contributed by atoms with van der Waals surface area (Å²) in [6.45, 7) is 1.25. The first kappa shape index (κ1) is 19.4. The number of carbonyl (C=O) groups is 1. The van der Waals surface area contributed by atoms with Crippen LogP contribution in [0.3, 0.4) is 0 Å². The molecule has 1 aliphatic heterocycles. The monoisotopic (exact) mass is 390 g/mol. The molecule has 1 fully saturated rings. The van der Waals surface area contributed by atoms with Gasteiger partial charge in [0.1, 0.15) is 11.5 Å². The van der Waals surface area contributed by atoms with E-state index in [4.69, 9.17) is 9.26 Å². The van der Waals surface area contributed by atoms with Crippen molar-refractivity contribution < 1.29 is 14.1 Å². The Morgan fingerprint density at radius 2 is 1.83 bits per heavy atom. The Morgan fingerprint density at radius 3 is 2.52 bits per heavy atom. The van der Waals surface area contributed by atoms with Gasteiger partial charge in [0.2, 0.25) is 0 Å². The minimum atomic E-state index is -0.862. The molecule has 1 aromatic heterocycles. The lowest BCUT2D eigenvalue weighted by atomic mass is 9.92. The molecule has 3 aromatic rings. The van der Waals surface area contributed by atoms with Gasteiger partial charge in [-0.15, -0.1) is 0 Å². The molecule has 1 atom stereocenters. The molecule has 150 valence electrons. The van der Waals surface area contributed by atoms with E-state index in [0.29, 0.717) is 31.8 Å². The average molecular weight is 390 g/mol. The standard InChI is InChI=1S/C24H26N2O3/c1-26(15-13-19-9-4-2-5-10-19)23(27)24(14-8-16-28-24)18-21-17-22(25-29-21)20-11-6-3-7-12-20/h2-7,9-12,17H,8,13-16,18H2,1H3/t24-/m0/s1. The molecular formula is C24H26N2O3. The zero-order chi connectivity index (χ0) is 20.1. The van der Waals surface area contributed by atoms with Gasteiger partial charge in [-0.25, -0.2) is 0 Å². The van der Waals surface area contributed by atoms with Gasteiger partial charge < -0.3 is 14.2 Å². The molecule has 5 nitrogen and oxygen atoms in total. The van der Waals surface area contributed by atoms with Crippen LogP contribution in [-0.4, -0.2) is 41.8 Å². The van der Waals surface area contributed by atoms with Gasteiger partial charge in [-0.3, -0.25) is 4.79 Å². The Morgan fingerprint density at radius 1 is 1.10 bits per heavy atom. The Labute approximate surface area is 171 Å². The molecule has 1 amide bonds. The Balaban J connectivity index is 1.46. The first-order valence-electron chi connectivity index (χ1n) is 10.1. The first-order chi connectivity index (χ1) is 14.2. The Bertz CT molecular complexity index is 931. The van der Waals surface area contributed by atoms with Gasteiger partial charge in [0.15, 0.2) is 5.60 Å². The molecule has 1 saturated heterocycles. The van der Waals surface area contributed by atoms with Crippen LogP contribution in [0, 0.1) is 0 Å². The van der Waals surface area contributed by atoms with Crippen LogP contribution in [0.25, 0.3) is 11.3 Å². The van der Waals surface area contributed by atoms with E-state index in [9.17, 15) is 4.79 Å². The number of aromatic nitrogens is 1. The summed E-state index contributed by atoms with van der Waals surface area (Å²) in [5.74, 6) is 0.694. The third-order valence-corrected chi connectivity index (χ3v) is 5.51. The van der Waals surface area contributed by atoms with Crippen molar-refractivity contribution in [3.8, 4) is 11.3 Å². The summed E-state index contributed by atoms with van der Waals surface area (Å²) in [4.78, 5) is 15.1. The molecule has 29 heavy (non-hydrogen) atoms. The van der Waals surface area contributed by atoms with Crippen molar-refractivity contribution >= 4 is 5.91 Å². The van der Waals surface area contributed by atoms with Gasteiger partial charge in [0.25, 0.3) is 5.91 Å². The summed E-state index contributed by atoms with van der Waals surface area (Å²) in [6, 6.07) is 22.0. The number of amides is 1. The lowest BCUT2D eigenvalue weighted by molar-refractivity contribution is -0.151. The topological polar surface area (TPSA) is 55.6 Å². The van der Waals surface area contributed by atoms with Gasteiger partial charge in [0.05, 0.1) is 0 Å². The van der Waals surface area contributed by atoms with Gasteiger partial charge >= 0.3 is 0 Å². The fourth-order valence-electron chi connectivity index (χ4n) is 3.89. The molecule has 1 aliphatic rings. The van der Waals surface area contributed by atoms with Crippen LogP contribution >= 0.6 is 0 Å². The fraction of sp³-hybridized carbons (Fsp3) is 0.333. The minimum Gasteiger partial charge on any atom is -0.365 e. The maximum atomic E-state index is 13.3. The number of hydrogen-bond acceptors (Lipinski definition) is 4. The molecule has 0 N–H and O–H groups in total. The second-order valence-electron chi connectivity index (χ2n) is 7.63. The Kier molecular flexibility index (Phi) is 5.76. The highest BCUT2D eigenvalue weighted by molar-refractivity contribution is 5.85. The van der Waals surface area contributed by atoms with E-state index in [2.05, 4.69) is 17.3 Å². The summed E-state index contributed by atoms with van der Waals surface area (Å²) in [7, 11) is 1.85. The SMILES string of the molecule is CN(CCc1ccccc1)C(=O)[C@@]1(Cc2cc(-c3ccccc3)no2)CCCO1. The molecule has 0 saturated carbocycles. The maximum Gasteiger partial charge on any atom is 0.255 e. The van der Waals surface area contributed by atoms with E-state index in [0.717, 1.165) is 24.1 Å². The highest BCUT2D eigenvalue weighted by Gasteiger charge is 2.45. The predicted octanol–water partition coefficient (Wildman–Crippen LogP) is 4.13. The molecule has 0 spiro atoms. The smallest absolute Gasteiger partial charge is 0.255 e. The van der Waals surface area contributed by atoms with Gasteiger partial charge in [-0.1, -0.05) is 65.8 Å².